The number of halogens is 2. The first-order valence-corrected chi connectivity index (χ1v) is 6.10. The van der Waals surface area contributed by atoms with Crippen molar-refractivity contribution in [1.29, 1.82) is 0 Å². The number of nitrogens with zero attached hydrogens (tertiary/aromatic N) is 1. The second kappa shape index (κ2) is 5.86. The number of benzene rings is 1. The number of aliphatic imine (C=N–C) groups is 1. The van der Waals surface area contributed by atoms with Gasteiger partial charge in [0.1, 0.15) is 5.75 Å². The monoisotopic (exact) mass is 269 g/mol. The molecule has 1 aromatic rings. The van der Waals surface area contributed by atoms with Gasteiger partial charge in [0, 0.05) is 26.1 Å². The van der Waals surface area contributed by atoms with Crippen LogP contribution in [0, 0.1) is 0 Å². The third-order valence-corrected chi connectivity index (χ3v) is 3.11. The van der Waals surface area contributed by atoms with E-state index in [1.54, 1.807) is 26.2 Å². The Bertz CT molecular complexity index is 465. The number of hydrogen-bond acceptors (Lipinski definition) is 2. The van der Waals surface area contributed by atoms with E-state index >= 15 is 0 Å². The van der Waals surface area contributed by atoms with Gasteiger partial charge in [-0.2, -0.15) is 8.78 Å². The Morgan fingerprint density at radius 2 is 2.16 bits per heavy atom. The molecule has 0 heterocycles. The summed E-state index contributed by atoms with van der Waals surface area (Å²) in [5, 5.41) is 6.14. The van der Waals surface area contributed by atoms with Gasteiger partial charge in [0.05, 0.1) is 0 Å². The highest BCUT2D eigenvalue weighted by atomic mass is 19.3. The lowest BCUT2D eigenvalue weighted by molar-refractivity contribution is -0.0504. The highest BCUT2D eigenvalue weighted by Crippen LogP contribution is 2.44. The maximum Gasteiger partial charge on any atom is 0.387 e. The molecule has 0 bridgehead atoms. The molecular formula is C13H17F2N3O. The third kappa shape index (κ3) is 3.33. The summed E-state index contributed by atoms with van der Waals surface area (Å²) in [6.07, 6.45) is 0.879. The maximum absolute atomic E-state index is 12.3. The van der Waals surface area contributed by atoms with Crippen molar-refractivity contribution in [2.24, 2.45) is 4.99 Å². The zero-order chi connectivity index (χ0) is 13.8. The van der Waals surface area contributed by atoms with E-state index in [9.17, 15) is 8.78 Å². The minimum atomic E-state index is -2.80. The molecule has 6 heteroatoms. The van der Waals surface area contributed by atoms with Gasteiger partial charge >= 0.3 is 6.61 Å². The molecule has 1 aliphatic carbocycles. The fourth-order valence-electron chi connectivity index (χ4n) is 2.11. The lowest BCUT2D eigenvalue weighted by Gasteiger charge is -2.11. The molecule has 0 unspecified atom stereocenters. The Labute approximate surface area is 110 Å². The van der Waals surface area contributed by atoms with Crippen molar-refractivity contribution in [1.82, 2.24) is 10.6 Å². The molecule has 0 radical (unpaired) electrons. The summed E-state index contributed by atoms with van der Waals surface area (Å²) in [6.45, 7) is -2.80. The molecule has 1 aromatic carbocycles. The predicted molar refractivity (Wildman–Crippen MR) is 69.8 cm³/mol. The highest BCUT2D eigenvalue weighted by molar-refractivity contribution is 5.80. The lowest BCUT2D eigenvalue weighted by Crippen LogP contribution is -2.36. The van der Waals surface area contributed by atoms with Crippen molar-refractivity contribution in [3.05, 3.63) is 29.8 Å². The van der Waals surface area contributed by atoms with Crippen LogP contribution in [0.15, 0.2) is 29.3 Å². The molecule has 0 aliphatic heterocycles. The van der Waals surface area contributed by atoms with Gasteiger partial charge in [0.15, 0.2) is 5.96 Å². The summed E-state index contributed by atoms with van der Waals surface area (Å²) in [7, 11) is 3.46. The Morgan fingerprint density at radius 1 is 1.42 bits per heavy atom. The smallest absolute Gasteiger partial charge is 0.387 e. The van der Waals surface area contributed by atoms with E-state index in [0.29, 0.717) is 5.96 Å². The molecule has 0 saturated heterocycles. The standard InChI is InChI=1S/C13H17F2N3O/c1-16-13(17-2)18-10-7-9(10)8-5-3-4-6-11(8)19-12(14)15/h3-6,9-10,12H,7H2,1-2H3,(H2,16,17,18)/t9-,10+/m1/s1. The van der Waals surface area contributed by atoms with Crippen LogP contribution < -0.4 is 15.4 Å². The van der Waals surface area contributed by atoms with E-state index in [2.05, 4.69) is 20.4 Å². The highest BCUT2D eigenvalue weighted by Gasteiger charge is 2.40. The van der Waals surface area contributed by atoms with Crippen molar-refractivity contribution in [3.63, 3.8) is 0 Å². The Balaban J connectivity index is 2.04. The number of hydrogen-bond donors (Lipinski definition) is 2. The minimum Gasteiger partial charge on any atom is -0.435 e. The van der Waals surface area contributed by atoms with Gasteiger partial charge in [-0.3, -0.25) is 4.99 Å². The quantitative estimate of drug-likeness (QED) is 0.648. The third-order valence-electron chi connectivity index (χ3n) is 3.11. The number of nitrogens with one attached hydrogen (secondary N) is 2. The van der Waals surface area contributed by atoms with Crippen LogP contribution in [0.4, 0.5) is 8.78 Å². The van der Waals surface area contributed by atoms with E-state index in [1.165, 1.54) is 0 Å². The summed E-state index contributed by atoms with van der Waals surface area (Å²) < 4.78 is 29.2. The predicted octanol–water partition coefficient (Wildman–Crippen LogP) is 1.94. The number of rotatable bonds is 4. The molecule has 2 N–H and O–H groups in total. The average molecular weight is 269 g/mol. The van der Waals surface area contributed by atoms with Gasteiger partial charge in [0.25, 0.3) is 0 Å². The molecule has 1 saturated carbocycles. The molecule has 104 valence electrons. The van der Waals surface area contributed by atoms with E-state index in [1.807, 2.05) is 12.1 Å². The van der Waals surface area contributed by atoms with Crippen molar-refractivity contribution in [2.45, 2.75) is 25.0 Å². The second-order valence-corrected chi connectivity index (χ2v) is 4.33. The molecule has 0 amide bonds. The van der Waals surface area contributed by atoms with E-state index in [4.69, 9.17) is 0 Å². The lowest BCUT2D eigenvalue weighted by atomic mass is 10.1. The average Bonchev–Trinajstić information content (AvgIpc) is 3.15. The van der Waals surface area contributed by atoms with Crippen molar-refractivity contribution >= 4 is 5.96 Å². The van der Waals surface area contributed by atoms with Crippen LogP contribution in [0.1, 0.15) is 17.9 Å². The number of guanidine groups is 1. The maximum atomic E-state index is 12.3. The first-order chi connectivity index (χ1) is 9.15. The normalized spacial score (nSPS) is 22.3. The molecule has 2 atom stereocenters. The summed E-state index contributed by atoms with van der Waals surface area (Å²) in [4.78, 5) is 4.03. The molecular weight excluding hydrogens is 252 g/mol. The van der Waals surface area contributed by atoms with Crippen LogP contribution in [0.5, 0.6) is 5.75 Å². The fraction of sp³-hybridized carbons (Fsp3) is 0.462. The van der Waals surface area contributed by atoms with Gasteiger partial charge in [0.2, 0.25) is 0 Å². The Kier molecular flexibility index (Phi) is 4.19. The molecule has 19 heavy (non-hydrogen) atoms. The van der Waals surface area contributed by atoms with Gasteiger partial charge in [-0.25, -0.2) is 0 Å². The van der Waals surface area contributed by atoms with Crippen LogP contribution in [0.25, 0.3) is 0 Å². The SMILES string of the molecule is CN=C(NC)N[C@H]1C[C@@H]1c1ccccc1OC(F)F. The summed E-state index contributed by atoms with van der Waals surface area (Å²) in [5.74, 6) is 1.13. The molecule has 2 rings (SSSR count). The van der Waals surface area contributed by atoms with Crippen molar-refractivity contribution < 1.29 is 13.5 Å². The van der Waals surface area contributed by atoms with Crippen LogP contribution in [-0.2, 0) is 0 Å². The largest absolute Gasteiger partial charge is 0.435 e. The second-order valence-electron chi connectivity index (χ2n) is 4.33. The van der Waals surface area contributed by atoms with Crippen LogP contribution in [-0.4, -0.2) is 32.7 Å². The fourth-order valence-corrected chi connectivity index (χ4v) is 2.11. The summed E-state index contributed by atoms with van der Waals surface area (Å²) in [5.41, 5.74) is 0.812. The first kappa shape index (κ1) is 13.6. The molecule has 0 spiro atoms. The zero-order valence-electron chi connectivity index (χ0n) is 10.9. The van der Waals surface area contributed by atoms with Gasteiger partial charge in [-0.15, -0.1) is 0 Å². The van der Waals surface area contributed by atoms with Gasteiger partial charge < -0.3 is 15.4 Å². The van der Waals surface area contributed by atoms with Crippen LogP contribution >= 0.6 is 0 Å². The Morgan fingerprint density at radius 3 is 2.79 bits per heavy atom. The zero-order valence-corrected chi connectivity index (χ0v) is 10.9. The van der Waals surface area contributed by atoms with Crippen LogP contribution in [0.2, 0.25) is 0 Å². The summed E-state index contributed by atoms with van der Waals surface area (Å²) >= 11 is 0. The first-order valence-electron chi connectivity index (χ1n) is 6.10. The number of para-hydroxylation sites is 1. The van der Waals surface area contributed by atoms with E-state index in [0.717, 1.165) is 12.0 Å². The number of alkyl halides is 2. The number of ether oxygens (including phenoxy) is 1. The van der Waals surface area contributed by atoms with Crippen molar-refractivity contribution in [2.75, 3.05) is 14.1 Å². The minimum absolute atomic E-state index is 0.181. The van der Waals surface area contributed by atoms with E-state index < -0.39 is 6.61 Å². The topological polar surface area (TPSA) is 45.7 Å². The molecule has 1 aliphatic rings. The molecule has 1 fully saturated rings. The van der Waals surface area contributed by atoms with Crippen molar-refractivity contribution in [3.8, 4) is 5.75 Å². The van der Waals surface area contributed by atoms with Gasteiger partial charge in [-0.05, 0) is 18.1 Å². The summed E-state index contributed by atoms with van der Waals surface area (Å²) in [6, 6.07) is 7.12. The molecule has 4 nitrogen and oxygen atoms in total. The van der Waals surface area contributed by atoms with Crippen LogP contribution in [0.3, 0.4) is 0 Å². The molecule has 0 aromatic heterocycles. The van der Waals surface area contributed by atoms with Gasteiger partial charge in [-0.1, -0.05) is 18.2 Å². The Hall–Kier alpha value is -1.85. The van der Waals surface area contributed by atoms with E-state index in [-0.39, 0.29) is 17.7 Å².